The van der Waals surface area contributed by atoms with Crippen LogP contribution in [0.4, 0.5) is 0 Å². The number of furan rings is 1. The zero-order valence-electron chi connectivity index (χ0n) is 11.4. The van der Waals surface area contributed by atoms with E-state index < -0.39 is 5.97 Å². The van der Waals surface area contributed by atoms with Crippen LogP contribution in [0.1, 0.15) is 21.9 Å². The number of aryl methyl sites for hydroxylation is 1. The smallest absolute Gasteiger partial charge is 0.372 e. The molecule has 0 saturated heterocycles. The van der Waals surface area contributed by atoms with Crippen molar-refractivity contribution in [2.75, 3.05) is 0 Å². The Bertz CT molecular complexity index is 889. The van der Waals surface area contributed by atoms with Crippen molar-refractivity contribution in [2.45, 2.75) is 13.5 Å². The van der Waals surface area contributed by atoms with E-state index in [1.54, 1.807) is 23.6 Å². The molecule has 106 valence electrons. The molecule has 2 heterocycles. The molecule has 5 heteroatoms. The summed E-state index contributed by atoms with van der Waals surface area (Å²) in [5, 5.41) is 9.95. The minimum Gasteiger partial charge on any atom is -0.475 e. The highest BCUT2D eigenvalue weighted by Crippen LogP contribution is 2.17. The lowest BCUT2D eigenvalue weighted by Gasteiger charge is -2.08. The molecule has 0 radical (unpaired) electrons. The fourth-order valence-corrected chi connectivity index (χ4v) is 2.40. The van der Waals surface area contributed by atoms with Crippen molar-refractivity contribution >= 4 is 16.9 Å². The van der Waals surface area contributed by atoms with Gasteiger partial charge in [0.15, 0.2) is 0 Å². The maximum atomic E-state index is 12.1. The monoisotopic (exact) mass is 283 g/mol. The summed E-state index contributed by atoms with van der Waals surface area (Å²) in [6, 6.07) is 12.4. The number of benzene rings is 1. The number of aromatic nitrogens is 1. The maximum absolute atomic E-state index is 12.1. The molecular formula is C16H13NO4. The van der Waals surface area contributed by atoms with Crippen LogP contribution < -0.4 is 5.56 Å². The second-order valence-corrected chi connectivity index (χ2v) is 4.85. The average molecular weight is 283 g/mol. The summed E-state index contributed by atoms with van der Waals surface area (Å²) < 4.78 is 6.89. The topological polar surface area (TPSA) is 72.4 Å². The van der Waals surface area contributed by atoms with Crippen LogP contribution in [-0.4, -0.2) is 15.6 Å². The van der Waals surface area contributed by atoms with Gasteiger partial charge < -0.3 is 14.1 Å². The molecule has 1 aromatic carbocycles. The van der Waals surface area contributed by atoms with Crippen LogP contribution in [0.25, 0.3) is 10.9 Å². The van der Waals surface area contributed by atoms with Gasteiger partial charge in [-0.2, -0.15) is 0 Å². The molecule has 2 aromatic heterocycles. The largest absolute Gasteiger partial charge is 0.475 e. The highest BCUT2D eigenvalue weighted by molar-refractivity contribution is 5.86. The summed E-state index contributed by atoms with van der Waals surface area (Å²) in [6.07, 6.45) is 0. The molecule has 1 N–H and O–H groups in total. The van der Waals surface area contributed by atoms with Gasteiger partial charge in [-0.25, -0.2) is 4.79 Å². The number of fused-ring (bicyclic) bond motifs is 1. The van der Waals surface area contributed by atoms with Crippen molar-refractivity contribution in [2.24, 2.45) is 0 Å². The lowest BCUT2D eigenvalue weighted by molar-refractivity contribution is 0.0659. The first-order valence-corrected chi connectivity index (χ1v) is 6.47. The normalized spacial score (nSPS) is 10.9. The second kappa shape index (κ2) is 4.94. The van der Waals surface area contributed by atoms with Crippen LogP contribution in [0, 0.1) is 6.92 Å². The van der Waals surface area contributed by atoms with Gasteiger partial charge in [-0.15, -0.1) is 0 Å². The Morgan fingerprint density at radius 2 is 2.00 bits per heavy atom. The standard InChI is InChI=1S/C16H13NO4/c1-10-8-12(21-15(10)16(19)20)9-17-13-5-3-2-4-11(13)6-7-14(17)18/h2-8H,9H2,1H3,(H,19,20). The fourth-order valence-electron chi connectivity index (χ4n) is 2.40. The van der Waals surface area contributed by atoms with E-state index in [1.165, 1.54) is 6.07 Å². The molecule has 0 unspecified atom stereocenters. The number of nitrogens with zero attached hydrogens (tertiary/aromatic N) is 1. The Morgan fingerprint density at radius 3 is 2.71 bits per heavy atom. The molecule has 0 spiro atoms. The Kier molecular flexibility index (Phi) is 3.10. The number of rotatable bonds is 3. The van der Waals surface area contributed by atoms with Gasteiger partial charge in [0.1, 0.15) is 5.76 Å². The highest BCUT2D eigenvalue weighted by atomic mass is 16.4. The molecule has 0 bridgehead atoms. The van der Waals surface area contributed by atoms with E-state index in [1.807, 2.05) is 24.3 Å². The first kappa shape index (κ1) is 13.2. The molecule has 0 aliphatic carbocycles. The zero-order chi connectivity index (χ0) is 15.0. The Hall–Kier alpha value is -2.82. The molecule has 3 rings (SSSR count). The second-order valence-electron chi connectivity index (χ2n) is 4.85. The minimum atomic E-state index is -1.11. The number of para-hydroxylation sites is 1. The van der Waals surface area contributed by atoms with Crippen LogP contribution in [0.3, 0.4) is 0 Å². The first-order valence-electron chi connectivity index (χ1n) is 6.47. The average Bonchev–Trinajstić information content (AvgIpc) is 2.83. The molecular weight excluding hydrogens is 270 g/mol. The predicted molar refractivity (Wildman–Crippen MR) is 77.7 cm³/mol. The highest BCUT2D eigenvalue weighted by Gasteiger charge is 2.15. The van der Waals surface area contributed by atoms with E-state index >= 15 is 0 Å². The summed E-state index contributed by atoms with van der Waals surface area (Å²) >= 11 is 0. The lowest BCUT2D eigenvalue weighted by atomic mass is 10.2. The van der Waals surface area contributed by atoms with Gasteiger partial charge >= 0.3 is 5.97 Å². The number of carboxylic acids is 1. The number of pyridine rings is 1. The van der Waals surface area contributed by atoms with Gasteiger partial charge in [0, 0.05) is 11.6 Å². The van der Waals surface area contributed by atoms with Crippen molar-refractivity contribution in [3.63, 3.8) is 0 Å². The third-order valence-electron chi connectivity index (χ3n) is 3.38. The van der Waals surface area contributed by atoms with Gasteiger partial charge in [-0.3, -0.25) is 4.79 Å². The summed E-state index contributed by atoms with van der Waals surface area (Å²) in [7, 11) is 0. The number of hydrogen-bond acceptors (Lipinski definition) is 3. The Balaban J connectivity index is 2.10. The molecule has 0 aliphatic rings. The molecule has 3 aromatic rings. The van der Waals surface area contributed by atoms with Crippen LogP contribution in [0.2, 0.25) is 0 Å². The fraction of sp³-hybridized carbons (Fsp3) is 0.125. The van der Waals surface area contributed by atoms with Crippen LogP contribution >= 0.6 is 0 Å². The van der Waals surface area contributed by atoms with Crippen molar-refractivity contribution in [3.05, 3.63) is 69.9 Å². The van der Waals surface area contributed by atoms with E-state index in [2.05, 4.69) is 0 Å². The van der Waals surface area contributed by atoms with Gasteiger partial charge in [0.05, 0.1) is 12.1 Å². The quantitative estimate of drug-likeness (QED) is 0.802. The number of carboxylic acid groups (broad SMARTS) is 1. The molecule has 0 amide bonds. The van der Waals surface area contributed by atoms with Gasteiger partial charge in [-0.05, 0) is 30.5 Å². The van der Waals surface area contributed by atoms with E-state index in [4.69, 9.17) is 9.52 Å². The molecule has 0 fully saturated rings. The van der Waals surface area contributed by atoms with Crippen LogP contribution in [0.15, 0.2) is 51.7 Å². The van der Waals surface area contributed by atoms with Crippen LogP contribution in [-0.2, 0) is 6.54 Å². The van der Waals surface area contributed by atoms with Crippen LogP contribution in [0.5, 0.6) is 0 Å². The number of carbonyl (C=O) groups is 1. The first-order chi connectivity index (χ1) is 10.1. The maximum Gasteiger partial charge on any atom is 0.372 e. The Morgan fingerprint density at radius 1 is 1.24 bits per heavy atom. The lowest BCUT2D eigenvalue weighted by Crippen LogP contribution is -2.19. The van der Waals surface area contributed by atoms with Gasteiger partial charge in [-0.1, -0.05) is 18.2 Å². The van der Waals surface area contributed by atoms with E-state index in [-0.39, 0.29) is 17.9 Å². The van der Waals surface area contributed by atoms with Crippen molar-refractivity contribution in [1.29, 1.82) is 0 Å². The molecule has 21 heavy (non-hydrogen) atoms. The van der Waals surface area contributed by atoms with Crippen molar-refractivity contribution in [1.82, 2.24) is 4.57 Å². The summed E-state index contributed by atoms with van der Waals surface area (Å²) in [4.78, 5) is 23.1. The van der Waals surface area contributed by atoms with Crippen molar-refractivity contribution in [3.8, 4) is 0 Å². The van der Waals surface area contributed by atoms with Crippen molar-refractivity contribution < 1.29 is 14.3 Å². The number of aromatic carboxylic acids is 1. The summed E-state index contributed by atoms with van der Waals surface area (Å²) in [5.74, 6) is -0.745. The minimum absolute atomic E-state index is 0.0849. The molecule has 5 nitrogen and oxygen atoms in total. The van der Waals surface area contributed by atoms with E-state index in [0.29, 0.717) is 11.3 Å². The van der Waals surface area contributed by atoms with Gasteiger partial charge in [0.25, 0.3) is 5.56 Å². The third-order valence-corrected chi connectivity index (χ3v) is 3.38. The predicted octanol–water partition coefficient (Wildman–Crippen LogP) is 2.65. The summed E-state index contributed by atoms with van der Waals surface area (Å²) in [6.45, 7) is 1.87. The molecule has 0 atom stereocenters. The Labute approximate surface area is 120 Å². The third kappa shape index (κ3) is 2.33. The zero-order valence-corrected chi connectivity index (χ0v) is 11.4. The summed E-state index contributed by atoms with van der Waals surface area (Å²) in [5.41, 5.74) is 1.18. The van der Waals surface area contributed by atoms with E-state index in [0.717, 1.165) is 10.9 Å². The molecule has 0 aliphatic heterocycles. The van der Waals surface area contributed by atoms with Gasteiger partial charge in [0.2, 0.25) is 5.76 Å². The SMILES string of the molecule is Cc1cc(Cn2c(=O)ccc3ccccc32)oc1C(=O)O. The number of hydrogen-bond donors (Lipinski definition) is 1. The molecule has 0 saturated carbocycles. The van der Waals surface area contributed by atoms with E-state index in [9.17, 15) is 9.59 Å².